The summed E-state index contributed by atoms with van der Waals surface area (Å²) in [6, 6.07) is 8.73. The zero-order valence-corrected chi connectivity index (χ0v) is 11.8. The zero-order valence-electron chi connectivity index (χ0n) is 10.9. The number of ether oxygens (including phenoxy) is 1. The monoisotopic (exact) mass is 263 g/mol. The number of benzene rings is 1. The smallest absolute Gasteiger partial charge is 0.0779 e. The standard InChI is InChI=1S/C15H21NOS/c1-15(7-4-8-16-11-15)17-10-13-9-12-5-2-3-6-14(12)18-13/h2-3,5-6,13,16H,4,7-11H2,1H3. The van der Waals surface area contributed by atoms with Crippen molar-refractivity contribution >= 4 is 11.8 Å². The van der Waals surface area contributed by atoms with Gasteiger partial charge in [-0.05, 0) is 44.4 Å². The van der Waals surface area contributed by atoms with E-state index in [0.717, 1.165) is 26.1 Å². The molecule has 2 aliphatic heterocycles. The number of hydrogen-bond acceptors (Lipinski definition) is 3. The maximum absolute atomic E-state index is 6.20. The average Bonchev–Trinajstić information content (AvgIpc) is 2.80. The Morgan fingerprint density at radius 2 is 2.33 bits per heavy atom. The van der Waals surface area contributed by atoms with Gasteiger partial charge in [0.2, 0.25) is 0 Å². The minimum Gasteiger partial charge on any atom is -0.373 e. The van der Waals surface area contributed by atoms with Crippen LogP contribution in [0.5, 0.6) is 0 Å². The first-order chi connectivity index (χ1) is 8.75. The molecule has 3 heteroatoms. The van der Waals surface area contributed by atoms with Gasteiger partial charge in [-0.1, -0.05) is 18.2 Å². The summed E-state index contributed by atoms with van der Waals surface area (Å²) in [6.07, 6.45) is 3.57. The Bertz CT molecular complexity index is 390. The molecule has 1 saturated heterocycles. The van der Waals surface area contributed by atoms with Crippen molar-refractivity contribution in [2.75, 3.05) is 19.7 Å². The normalized spacial score (nSPS) is 31.3. The van der Waals surface area contributed by atoms with Crippen LogP contribution >= 0.6 is 11.8 Å². The lowest BCUT2D eigenvalue weighted by Gasteiger charge is -2.35. The Balaban J connectivity index is 1.53. The molecule has 0 aromatic heterocycles. The van der Waals surface area contributed by atoms with Crippen molar-refractivity contribution in [3.63, 3.8) is 0 Å². The van der Waals surface area contributed by atoms with Crippen LogP contribution in [0.3, 0.4) is 0 Å². The van der Waals surface area contributed by atoms with E-state index in [0.29, 0.717) is 5.25 Å². The molecule has 1 aromatic rings. The van der Waals surface area contributed by atoms with Crippen LogP contribution in [0.15, 0.2) is 29.2 Å². The molecule has 98 valence electrons. The Kier molecular flexibility index (Phi) is 3.64. The zero-order chi connectivity index (χ0) is 12.4. The number of nitrogens with one attached hydrogen (secondary N) is 1. The summed E-state index contributed by atoms with van der Waals surface area (Å²) < 4.78 is 6.20. The fourth-order valence-corrected chi connectivity index (χ4v) is 4.01. The molecular weight excluding hydrogens is 242 g/mol. The van der Waals surface area contributed by atoms with Gasteiger partial charge in [-0.25, -0.2) is 0 Å². The topological polar surface area (TPSA) is 21.3 Å². The highest BCUT2D eigenvalue weighted by Gasteiger charge is 2.30. The molecule has 0 aliphatic carbocycles. The van der Waals surface area contributed by atoms with E-state index in [4.69, 9.17) is 4.74 Å². The minimum atomic E-state index is 0.0492. The predicted octanol–water partition coefficient (Wildman–Crippen LogP) is 2.86. The Morgan fingerprint density at radius 1 is 1.44 bits per heavy atom. The summed E-state index contributed by atoms with van der Waals surface area (Å²) in [5.74, 6) is 0. The molecule has 2 nitrogen and oxygen atoms in total. The molecule has 0 amide bonds. The molecular formula is C15H21NOS. The molecule has 0 bridgehead atoms. The van der Waals surface area contributed by atoms with Gasteiger partial charge in [0.15, 0.2) is 0 Å². The third-order valence-electron chi connectivity index (χ3n) is 3.89. The van der Waals surface area contributed by atoms with Gasteiger partial charge in [-0.3, -0.25) is 0 Å². The van der Waals surface area contributed by atoms with Gasteiger partial charge in [-0.15, -0.1) is 11.8 Å². The lowest BCUT2D eigenvalue weighted by Crippen LogP contribution is -2.46. The van der Waals surface area contributed by atoms with Gasteiger partial charge in [0.05, 0.1) is 12.2 Å². The first-order valence-corrected chi connectivity index (χ1v) is 7.72. The number of piperidine rings is 1. The quantitative estimate of drug-likeness (QED) is 0.906. The molecule has 2 unspecified atom stereocenters. The maximum Gasteiger partial charge on any atom is 0.0779 e. The molecule has 1 N–H and O–H groups in total. The molecule has 3 rings (SSSR count). The Hall–Kier alpha value is -0.510. The third kappa shape index (κ3) is 2.73. The third-order valence-corrected chi connectivity index (χ3v) is 5.18. The van der Waals surface area contributed by atoms with Crippen LogP contribution in [-0.2, 0) is 11.2 Å². The second-order valence-electron chi connectivity index (χ2n) is 5.59. The fourth-order valence-electron chi connectivity index (χ4n) is 2.79. The van der Waals surface area contributed by atoms with Crippen molar-refractivity contribution in [2.45, 2.75) is 41.9 Å². The van der Waals surface area contributed by atoms with Gasteiger partial charge >= 0.3 is 0 Å². The van der Waals surface area contributed by atoms with Crippen molar-refractivity contribution in [2.24, 2.45) is 0 Å². The van der Waals surface area contributed by atoms with E-state index in [2.05, 4.69) is 36.5 Å². The largest absolute Gasteiger partial charge is 0.373 e. The number of hydrogen-bond donors (Lipinski definition) is 1. The fraction of sp³-hybridized carbons (Fsp3) is 0.600. The van der Waals surface area contributed by atoms with E-state index in [9.17, 15) is 0 Å². The van der Waals surface area contributed by atoms with Gasteiger partial charge in [-0.2, -0.15) is 0 Å². The highest BCUT2D eigenvalue weighted by molar-refractivity contribution is 8.00. The molecule has 18 heavy (non-hydrogen) atoms. The van der Waals surface area contributed by atoms with E-state index in [1.807, 2.05) is 11.8 Å². The van der Waals surface area contributed by atoms with E-state index in [-0.39, 0.29) is 5.60 Å². The molecule has 2 aliphatic rings. The summed E-state index contributed by atoms with van der Waals surface area (Å²) in [6.45, 7) is 5.25. The van der Waals surface area contributed by atoms with Crippen LogP contribution in [-0.4, -0.2) is 30.5 Å². The maximum atomic E-state index is 6.20. The van der Waals surface area contributed by atoms with Crippen molar-refractivity contribution in [3.8, 4) is 0 Å². The van der Waals surface area contributed by atoms with Gasteiger partial charge in [0.1, 0.15) is 0 Å². The molecule has 2 heterocycles. The number of fused-ring (bicyclic) bond motifs is 1. The Morgan fingerprint density at radius 3 is 3.11 bits per heavy atom. The molecule has 2 atom stereocenters. The van der Waals surface area contributed by atoms with Crippen LogP contribution in [0.25, 0.3) is 0 Å². The van der Waals surface area contributed by atoms with Crippen molar-refractivity contribution < 1.29 is 4.74 Å². The van der Waals surface area contributed by atoms with Crippen molar-refractivity contribution in [1.29, 1.82) is 0 Å². The first-order valence-electron chi connectivity index (χ1n) is 6.84. The summed E-state index contributed by atoms with van der Waals surface area (Å²) in [5, 5.41) is 4.03. The van der Waals surface area contributed by atoms with Gasteiger partial charge < -0.3 is 10.1 Å². The summed E-state index contributed by atoms with van der Waals surface area (Å²) >= 11 is 1.98. The van der Waals surface area contributed by atoms with Crippen LogP contribution in [0.4, 0.5) is 0 Å². The predicted molar refractivity (Wildman–Crippen MR) is 76.3 cm³/mol. The van der Waals surface area contributed by atoms with Crippen LogP contribution in [0.1, 0.15) is 25.3 Å². The van der Waals surface area contributed by atoms with Crippen molar-refractivity contribution in [1.82, 2.24) is 5.32 Å². The average molecular weight is 263 g/mol. The second-order valence-corrected chi connectivity index (χ2v) is 6.94. The van der Waals surface area contributed by atoms with Crippen LogP contribution in [0, 0.1) is 0 Å². The van der Waals surface area contributed by atoms with Gasteiger partial charge in [0.25, 0.3) is 0 Å². The second kappa shape index (κ2) is 5.24. The van der Waals surface area contributed by atoms with Crippen molar-refractivity contribution in [3.05, 3.63) is 29.8 Å². The summed E-state index contributed by atoms with van der Waals surface area (Å²) in [5.41, 5.74) is 1.54. The molecule has 0 saturated carbocycles. The minimum absolute atomic E-state index is 0.0492. The van der Waals surface area contributed by atoms with E-state index >= 15 is 0 Å². The molecule has 0 radical (unpaired) electrons. The van der Waals surface area contributed by atoms with E-state index in [1.165, 1.54) is 23.3 Å². The van der Waals surface area contributed by atoms with E-state index < -0.39 is 0 Å². The highest BCUT2D eigenvalue weighted by atomic mass is 32.2. The number of rotatable bonds is 3. The van der Waals surface area contributed by atoms with Crippen LogP contribution in [0.2, 0.25) is 0 Å². The Labute approximate surface area is 113 Å². The summed E-state index contributed by atoms with van der Waals surface area (Å²) in [4.78, 5) is 1.44. The van der Waals surface area contributed by atoms with Gasteiger partial charge in [0, 0.05) is 16.7 Å². The number of thioether (sulfide) groups is 1. The molecule has 1 fully saturated rings. The lowest BCUT2D eigenvalue weighted by molar-refractivity contribution is -0.0453. The first kappa shape index (κ1) is 12.5. The molecule has 1 aromatic carbocycles. The summed E-state index contributed by atoms with van der Waals surface area (Å²) in [7, 11) is 0. The van der Waals surface area contributed by atoms with E-state index in [1.54, 1.807) is 0 Å². The van der Waals surface area contributed by atoms with Crippen LogP contribution < -0.4 is 5.32 Å². The molecule has 0 spiro atoms. The SMILES string of the molecule is CC1(OCC2Cc3ccccc3S2)CCCNC1. The highest BCUT2D eigenvalue weighted by Crippen LogP contribution is 2.37. The lowest BCUT2D eigenvalue weighted by atomic mass is 9.96.